The Hall–Kier alpha value is -2.62. The van der Waals surface area contributed by atoms with Crippen LogP contribution >= 0.6 is 0 Å². The quantitative estimate of drug-likeness (QED) is 0.828. The first kappa shape index (κ1) is 12.8. The average molecular weight is 256 g/mol. The summed E-state index contributed by atoms with van der Waals surface area (Å²) in [4.78, 5) is 23.1. The van der Waals surface area contributed by atoms with Gasteiger partial charge in [0.05, 0.1) is 0 Å². The summed E-state index contributed by atoms with van der Waals surface area (Å²) in [6.07, 6.45) is 0. The smallest absolute Gasteiger partial charge is 0.339 e. The highest BCUT2D eigenvalue weighted by Crippen LogP contribution is 2.24. The first-order valence-corrected chi connectivity index (χ1v) is 5.67. The zero-order valence-corrected chi connectivity index (χ0v) is 10.3. The van der Waals surface area contributed by atoms with Crippen molar-refractivity contribution in [2.75, 3.05) is 0 Å². The Labute approximate surface area is 109 Å². The van der Waals surface area contributed by atoms with Crippen molar-refractivity contribution in [2.24, 2.45) is 0 Å². The molecule has 2 rings (SSSR count). The van der Waals surface area contributed by atoms with Gasteiger partial charge in [-0.2, -0.15) is 0 Å². The molecule has 0 fully saturated rings. The Morgan fingerprint density at radius 2 is 1.63 bits per heavy atom. The van der Waals surface area contributed by atoms with Crippen LogP contribution in [0.3, 0.4) is 0 Å². The fraction of sp³-hybridized carbons (Fsp3) is 0.0667. The number of hydrogen-bond donors (Lipinski definition) is 2. The van der Waals surface area contributed by atoms with Crippen molar-refractivity contribution >= 4 is 11.8 Å². The predicted octanol–water partition coefficient (Wildman–Crippen LogP) is 2.63. The molecule has 0 aliphatic rings. The summed E-state index contributed by atoms with van der Waals surface area (Å²) in [5, 5.41) is 18.5. The molecule has 2 aromatic rings. The SMILES string of the molecule is Cc1cc(C(=O)O)c(O)cc1C(=O)c1ccccc1. The summed E-state index contributed by atoms with van der Waals surface area (Å²) in [6, 6.07) is 11.1. The lowest BCUT2D eigenvalue weighted by Gasteiger charge is -2.08. The molecule has 0 aliphatic heterocycles. The third-order valence-corrected chi connectivity index (χ3v) is 2.85. The zero-order valence-electron chi connectivity index (χ0n) is 10.3. The van der Waals surface area contributed by atoms with E-state index in [0.29, 0.717) is 16.7 Å². The Morgan fingerprint density at radius 1 is 1.00 bits per heavy atom. The van der Waals surface area contributed by atoms with E-state index in [1.54, 1.807) is 37.3 Å². The Kier molecular flexibility index (Phi) is 3.33. The van der Waals surface area contributed by atoms with Gasteiger partial charge in [0.15, 0.2) is 5.78 Å². The molecule has 0 aromatic heterocycles. The maximum absolute atomic E-state index is 12.2. The Bertz CT molecular complexity index is 645. The monoisotopic (exact) mass is 256 g/mol. The molecule has 4 nitrogen and oxygen atoms in total. The molecule has 0 atom stereocenters. The minimum atomic E-state index is -1.22. The zero-order chi connectivity index (χ0) is 14.0. The van der Waals surface area contributed by atoms with Crippen molar-refractivity contribution in [3.63, 3.8) is 0 Å². The first-order valence-electron chi connectivity index (χ1n) is 5.67. The topological polar surface area (TPSA) is 74.6 Å². The van der Waals surface area contributed by atoms with Crippen LogP contribution in [-0.4, -0.2) is 22.0 Å². The van der Waals surface area contributed by atoms with Gasteiger partial charge in [-0.3, -0.25) is 4.79 Å². The van der Waals surface area contributed by atoms with Gasteiger partial charge in [0.1, 0.15) is 11.3 Å². The molecule has 0 amide bonds. The second-order valence-electron chi connectivity index (χ2n) is 4.18. The van der Waals surface area contributed by atoms with Gasteiger partial charge in [0.25, 0.3) is 0 Å². The van der Waals surface area contributed by atoms with Crippen molar-refractivity contribution in [1.29, 1.82) is 0 Å². The number of hydrogen-bond acceptors (Lipinski definition) is 3. The van der Waals surface area contributed by atoms with Crippen LogP contribution in [0.4, 0.5) is 0 Å². The molecular formula is C15H12O4. The highest BCUT2D eigenvalue weighted by atomic mass is 16.4. The molecule has 2 N–H and O–H groups in total. The molecule has 0 aliphatic carbocycles. The molecule has 19 heavy (non-hydrogen) atoms. The van der Waals surface area contributed by atoms with Crippen LogP contribution in [0.25, 0.3) is 0 Å². The normalized spacial score (nSPS) is 10.2. The minimum absolute atomic E-state index is 0.206. The van der Waals surface area contributed by atoms with Crippen LogP contribution in [0.15, 0.2) is 42.5 Å². The van der Waals surface area contributed by atoms with Gasteiger partial charge in [-0.1, -0.05) is 30.3 Å². The second-order valence-corrected chi connectivity index (χ2v) is 4.18. The van der Waals surface area contributed by atoms with Crippen molar-refractivity contribution in [2.45, 2.75) is 6.92 Å². The fourth-order valence-corrected chi connectivity index (χ4v) is 1.86. The van der Waals surface area contributed by atoms with E-state index in [2.05, 4.69) is 0 Å². The Morgan fingerprint density at radius 3 is 2.21 bits per heavy atom. The van der Waals surface area contributed by atoms with Gasteiger partial charge in [-0.05, 0) is 24.6 Å². The third-order valence-electron chi connectivity index (χ3n) is 2.85. The van der Waals surface area contributed by atoms with E-state index in [1.165, 1.54) is 12.1 Å². The molecular weight excluding hydrogens is 244 g/mol. The number of benzene rings is 2. The molecule has 0 radical (unpaired) electrons. The summed E-state index contributed by atoms with van der Waals surface area (Å²) in [6.45, 7) is 1.64. The second kappa shape index (κ2) is 4.94. The number of aromatic hydroxyl groups is 1. The van der Waals surface area contributed by atoms with Crippen LogP contribution in [-0.2, 0) is 0 Å². The molecule has 0 bridgehead atoms. The fourth-order valence-electron chi connectivity index (χ4n) is 1.86. The van der Waals surface area contributed by atoms with E-state index in [1.807, 2.05) is 0 Å². The Balaban J connectivity index is 2.50. The lowest BCUT2D eigenvalue weighted by atomic mass is 9.96. The summed E-state index contributed by atoms with van der Waals surface area (Å²) >= 11 is 0. The van der Waals surface area contributed by atoms with Gasteiger partial charge >= 0.3 is 5.97 Å². The van der Waals surface area contributed by atoms with E-state index in [-0.39, 0.29) is 11.3 Å². The van der Waals surface area contributed by atoms with Crippen molar-refractivity contribution < 1.29 is 19.8 Å². The van der Waals surface area contributed by atoms with Crippen LogP contribution in [0, 0.1) is 6.92 Å². The van der Waals surface area contributed by atoms with Crippen molar-refractivity contribution in [3.8, 4) is 5.75 Å². The van der Waals surface area contributed by atoms with Gasteiger partial charge < -0.3 is 10.2 Å². The standard InChI is InChI=1S/C15H12O4/c1-9-7-12(15(18)19)13(16)8-11(9)14(17)10-5-3-2-4-6-10/h2-8,16H,1H3,(H,18,19). The van der Waals surface area contributed by atoms with Gasteiger partial charge in [0.2, 0.25) is 0 Å². The number of aryl methyl sites for hydroxylation is 1. The molecule has 4 heteroatoms. The van der Waals surface area contributed by atoms with Gasteiger partial charge in [-0.15, -0.1) is 0 Å². The minimum Gasteiger partial charge on any atom is -0.507 e. The number of carbonyl (C=O) groups is 2. The number of ketones is 1. The summed E-state index contributed by atoms with van der Waals surface area (Å²) in [7, 11) is 0. The highest BCUT2D eigenvalue weighted by Gasteiger charge is 2.17. The molecule has 2 aromatic carbocycles. The molecule has 0 saturated heterocycles. The molecule has 0 spiro atoms. The lowest BCUT2D eigenvalue weighted by Crippen LogP contribution is -2.06. The average Bonchev–Trinajstić information content (AvgIpc) is 2.41. The maximum Gasteiger partial charge on any atom is 0.339 e. The summed E-state index contributed by atoms with van der Waals surface area (Å²) in [5.41, 5.74) is 1.10. The van der Waals surface area contributed by atoms with Crippen LogP contribution in [0.2, 0.25) is 0 Å². The summed E-state index contributed by atoms with van der Waals surface area (Å²) in [5.74, 6) is -1.87. The van der Waals surface area contributed by atoms with Gasteiger partial charge in [-0.25, -0.2) is 4.79 Å². The van der Waals surface area contributed by atoms with Crippen molar-refractivity contribution in [3.05, 3.63) is 64.7 Å². The highest BCUT2D eigenvalue weighted by molar-refractivity contribution is 6.10. The number of rotatable bonds is 3. The number of carbonyl (C=O) groups excluding carboxylic acids is 1. The molecule has 96 valence electrons. The van der Waals surface area contributed by atoms with Gasteiger partial charge in [0, 0.05) is 11.1 Å². The number of carboxylic acids is 1. The number of phenols is 1. The summed E-state index contributed by atoms with van der Waals surface area (Å²) < 4.78 is 0. The lowest BCUT2D eigenvalue weighted by molar-refractivity contribution is 0.0693. The van der Waals surface area contributed by atoms with E-state index in [0.717, 1.165) is 0 Å². The predicted molar refractivity (Wildman–Crippen MR) is 69.7 cm³/mol. The van der Waals surface area contributed by atoms with E-state index < -0.39 is 11.7 Å². The van der Waals surface area contributed by atoms with Crippen LogP contribution in [0.5, 0.6) is 5.75 Å². The maximum atomic E-state index is 12.2. The van der Waals surface area contributed by atoms with Crippen molar-refractivity contribution in [1.82, 2.24) is 0 Å². The largest absolute Gasteiger partial charge is 0.507 e. The van der Waals surface area contributed by atoms with Crippen LogP contribution in [0.1, 0.15) is 31.8 Å². The number of carboxylic acid groups (broad SMARTS) is 1. The first-order chi connectivity index (χ1) is 9.00. The molecule has 0 unspecified atom stereocenters. The molecule has 0 heterocycles. The molecule has 0 saturated carbocycles. The van der Waals surface area contributed by atoms with E-state index in [4.69, 9.17) is 5.11 Å². The number of aromatic carboxylic acids is 1. The van der Waals surface area contributed by atoms with E-state index in [9.17, 15) is 14.7 Å². The third kappa shape index (κ3) is 2.47. The van der Waals surface area contributed by atoms with E-state index >= 15 is 0 Å². The van der Waals surface area contributed by atoms with Crippen LogP contribution < -0.4 is 0 Å².